The van der Waals surface area contributed by atoms with Crippen LogP contribution in [0.5, 0.6) is 0 Å². The van der Waals surface area contributed by atoms with Gasteiger partial charge in [-0.1, -0.05) is 0 Å². The van der Waals surface area contributed by atoms with Gasteiger partial charge < -0.3 is 20.4 Å². The number of imidazole rings is 1. The summed E-state index contributed by atoms with van der Waals surface area (Å²) in [5, 5.41) is 17.9. The van der Waals surface area contributed by atoms with E-state index in [1.165, 1.54) is 12.4 Å². The predicted molar refractivity (Wildman–Crippen MR) is 52.2 cm³/mol. The summed E-state index contributed by atoms with van der Waals surface area (Å²) in [6.45, 7) is 0.725. The fraction of sp³-hybridized carbons (Fsp3) is 0.286. The van der Waals surface area contributed by atoms with Gasteiger partial charge in [-0.25, -0.2) is 9.78 Å². The first kappa shape index (κ1) is 10.1. The summed E-state index contributed by atoms with van der Waals surface area (Å²) in [6, 6.07) is -0.453. The summed E-state index contributed by atoms with van der Waals surface area (Å²) in [7, 11) is 0. The normalized spacial score (nSPS) is 16.4. The molecule has 2 N–H and O–H groups in total. The second-order valence-corrected chi connectivity index (χ2v) is 2.97. The van der Waals surface area contributed by atoms with E-state index in [0.29, 0.717) is 13.1 Å². The Bertz CT molecular complexity index is 439. The van der Waals surface area contributed by atoms with Gasteiger partial charge >= 0.3 is 11.9 Å². The molecule has 0 aliphatic carbocycles. The van der Waals surface area contributed by atoms with Crippen LogP contribution < -0.4 is 5.32 Å². The standard InChI is InChI=1S/C7H8N6O3/c14-7-10-3-4-12(7)11-6(13(15)16)5-8-1-2-9-5/h1-2H,3-4H2,(H,8,9)(H,10,14). The second-order valence-electron chi connectivity index (χ2n) is 2.97. The van der Waals surface area contributed by atoms with E-state index in [-0.39, 0.29) is 5.82 Å². The number of aromatic amines is 1. The van der Waals surface area contributed by atoms with E-state index in [1.807, 2.05) is 0 Å². The lowest BCUT2D eigenvalue weighted by atomic mass is 10.6. The molecule has 1 aromatic rings. The molecule has 0 radical (unpaired) electrons. The maximum absolute atomic E-state index is 11.2. The third kappa shape index (κ3) is 1.82. The summed E-state index contributed by atoms with van der Waals surface area (Å²) in [5.41, 5.74) is 0. The van der Waals surface area contributed by atoms with Gasteiger partial charge in [0.1, 0.15) is 0 Å². The highest BCUT2D eigenvalue weighted by Gasteiger charge is 2.29. The van der Waals surface area contributed by atoms with Gasteiger partial charge in [-0.3, -0.25) is 0 Å². The van der Waals surface area contributed by atoms with E-state index in [4.69, 9.17) is 0 Å². The molecule has 2 heterocycles. The van der Waals surface area contributed by atoms with Crippen molar-refractivity contribution in [3.8, 4) is 0 Å². The number of H-pyrrole nitrogens is 1. The van der Waals surface area contributed by atoms with E-state index in [1.54, 1.807) is 0 Å². The molecule has 84 valence electrons. The topological polar surface area (TPSA) is 117 Å². The van der Waals surface area contributed by atoms with Crippen molar-refractivity contribution in [3.63, 3.8) is 0 Å². The Morgan fingerprint density at radius 3 is 3.00 bits per heavy atom. The van der Waals surface area contributed by atoms with Crippen LogP contribution in [0.1, 0.15) is 5.82 Å². The first-order valence-corrected chi connectivity index (χ1v) is 4.46. The van der Waals surface area contributed by atoms with Crippen molar-refractivity contribution in [1.82, 2.24) is 20.3 Å². The van der Waals surface area contributed by atoms with Crippen molar-refractivity contribution in [2.24, 2.45) is 5.10 Å². The number of amidine groups is 1. The molecule has 0 bridgehead atoms. The van der Waals surface area contributed by atoms with E-state index in [0.717, 1.165) is 5.01 Å². The zero-order valence-corrected chi connectivity index (χ0v) is 8.08. The number of nitrogens with zero attached hydrogens (tertiary/aromatic N) is 4. The molecule has 0 atom stereocenters. The summed E-state index contributed by atoms with van der Waals surface area (Å²) >= 11 is 0. The van der Waals surface area contributed by atoms with Crippen molar-refractivity contribution >= 4 is 11.9 Å². The van der Waals surface area contributed by atoms with Crippen LogP contribution in [-0.4, -0.2) is 44.9 Å². The Labute approximate surface area is 89.3 Å². The number of nitro groups is 1. The highest BCUT2D eigenvalue weighted by Crippen LogP contribution is 2.02. The van der Waals surface area contributed by atoms with Gasteiger partial charge in [-0.05, 0) is 4.92 Å². The number of carbonyl (C=O) groups excluding carboxylic acids is 1. The molecule has 1 fully saturated rings. The summed E-state index contributed by atoms with van der Waals surface area (Å²) in [4.78, 5) is 27.5. The third-order valence-electron chi connectivity index (χ3n) is 1.93. The van der Waals surface area contributed by atoms with Crippen molar-refractivity contribution in [2.75, 3.05) is 13.1 Å². The SMILES string of the molecule is O=C1NCCN1N=C(c1ncc[nH]1)[N+](=O)[O-]. The second kappa shape index (κ2) is 3.96. The first-order chi connectivity index (χ1) is 7.68. The molecule has 1 saturated heterocycles. The van der Waals surface area contributed by atoms with Gasteiger partial charge in [0.15, 0.2) is 0 Å². The fourth-order valence-electron chi connectivity index (χ4n) is 1.23. The van der Waals surface area contributed by atoms with Crippen molar-refractivity contribution in [3.05, 3.63) is 28.3 Å². The smallest absolute Gasteiger partial charge is 0.358 e. The molecule has 0 aromatic carbocycles. The van der Waals surface area contributed by atoms with Crippen LogP contribution in [0.15, 0.2) is 17.5 Å². The molecule has 1 aromatic heterocycles. The van der Waals surface area contributed by atoms with Gasteiger partial charge in [0, 0.05) is 18.9 Å². The minimum atomic E-state index is -0.690. The van der Waals surface area contributed by atoms with Crippen LogP contribution in [0.3, 0.4) is 0 Å². The zero-order valence-electron chi connectivity index (χ0n) is 8.08. The van der Waals surface area contributed by atoms with Crippen LogP contribution in [0, 0.1) is 10.1 Å². The number of carbonyl (C=O) groups is 1. The average Bonchev–Trinajstić information content (AvgIpc) is 2.85. The maximum Gasteiger partial charge on any atom is 0.431 e. The molecule has 1 aliphatic heterocycles. The Morgan fingerprint density at radius 2 is 2.50 bits per heavy atom. The van der Waals surface area contributed by atoms with Gasteiger partial charge in [-0.15, -0.1) is 5.01 Å². The van der Waals surface area contributed by atoms with Crippen molar-refractivity contribution < 1.29 is 9.72 Å². The molecule has 2 rings (SSSR count). The monoisotopic (exact) mass is 224 g/mol. The van der Waals surface area contributed by atoms with Crippen LogP contribution in [0.25, 0.3) is 0 Å². The number of hydrogen-bond donors (Lipinski definition) is 2. The third-order valence-corrected chi connectivity index (χ3v) is 1.93. The lowest BCUT2D eigenvalue weighted by molar-refractivity contribution is -0.350. The molecule has 0 unspecified atom stereocenters. The van der Waals surface area contributed by atoms with Crippen LogP contribution in [0.2, 0.25) is 0 Å². The van der Waals surface area contributed by atoms with Gasteiger partial charge in [-0.2, -0.15) is 0 Å². The summed E-state index contributed by atoms with van der Waals surface area (Å²) in [6.07, 6.45) is 2.82. The molecular formula is C7H8N6O3. The van der Waals surface area contributed by atoms with Gasteiger partial charge in [0.05, 0.1) is 11.6 Å². The fourth-order valence-corrected chi connectivity index (χ4v) is 1.23. The van der Waals surface area contributed by atoms with Crippen molar-refractivity contribution in [1.29, 1.82) is 0 Å². The van der Waals surface area contributed by atoms with Crippen molar-refractivity contribution in [2.45, 2.75) is 0 Å². The predicted octanol–water partition coefficient (Wildman–Crippen LogP) is -0.627. The quantitative estimate of drug-likeness (QED) is 0.301. The summed E-state index contributed by atoms with van der Waals surface area (Å²) < 4.78 is 0. The van der Waals surface area contributed by atoms with Gasteiger partial charge in [0.2, 0.25) is 5.82 Å². The average molecular weight is 224 g/mol. The number of hydrazone groups is 1. The molecular weight excluding hydrogens is 216 g/mol. The van der Waals surface area contributed by atoms with E-state index in [2.05, 4.69) is 20.4 Å². The lowest BCUT2D eigenvalue weighted by Gasteiger charge is -2.00. The number of amides is 2. The number of rotatable bonds is 2. The molecule has 16 heavy (non-hydrogen) atoms. The Morgan fingerprint density at radius 1 is 1.69 bits per heavy atom. The molecule has 9 heteroatoms. The van der Waals surface area contributed by atoms with Crippen LogP contribution in [0.4, 0.5) is 4.79 Å². The molecule has 2 amide bonds. The van der Waals surface area contributed by atoms with E-state index >= 15 is 0 Å². The maximum atomic E-state index is 11.2. The first-order valence-electron chi connectivity index (χ1n) is 4.46. The number of aromatic nitrogens is 2. The number of nitrogens with one attached hydrogen (secondary N) is 2. The minimum absolute atomic E-state index is 0.0182. The summed E-state index contributed by atoms with van der Waals surface area (Å²) in [5.74, 6) is -0.466. The Hall–Kier alpha value is -2.45. The molecule has 9 nitrogen and oxygen atoms in total. The Kier molecular flexibility index (Phi) is 2.50. The minimum Gasteiger partial charge on any atom is -0.358 e. The van der Waals surface area contributed by atoms with E-state index in [9.17, 15) is 14.9 Å². The number of urea groups is 1. The lowest BCUT2D eigenvalue weighted by Crippen LogP contribution is -2.27. The van der Waals surface area contributed by atoms with E-state index < -0.39 is 16.8 Å². The van der Waals surface area contributed by atoms with Gasteiger partial charge in [0.25, 0.3) is 0 Å². The Balaban J connectivity index is 2.29. The molecule has 0 spiro atoms. The highest BCUT2D eigenvalue weighted by atomic mass is 16.6. The highest BCUT2D eigenvalue weighted by molar-refractivity contribution is 5.89. The molecule has 0 saturated carbocycles. The van der Waals surface area contributed by atoms with Crippen LogP contribution >= 0.6 is 0 Å². The number of hydrogen-bond acceptors (Lipinski definition) is 5. The molecule has 1 aliphatic rings. The van der Waals surface area contributed by atoms with Crippen LogP contribution in [-0.2, 0) is 0 Å². The zero-order chi connectivity index (χ0) is 11.5. The largest absolute Gasteiger partial charge is 0.431 e.